The molecule has 1 aromatic rings. The van der Waals surface area contributed by atoms with E-state index in [-0.39, 0.29) is 5.95 Å². The Balaban J connectivity index is 2.64. The molecule has 0 fully saturated rings. The third kappa shape index (κ3) is 3.02. The van der Waals surface area contributed by atoms with Crippen LogP contribution in [0.5, 0.6) is 5.88 Å². The summed E-state index contributed by atoms with van der Waals surface area (Å²) < 4.78 is 6.01. The lowest BCUT2D eigenvalue weighted by molar-refractivity contribution is 0.310. The van der Waals surface area contributed by atoms with Crippen LogP contribution in [0, 0.1) is 0 Å². The number of halogens is 1. The van der Waals surface area contributed by atoms with Gasteiger partial charge in [-0.05, 0) is 22.4 Å². The van der Waals surface area contributed by atoms with Crippen LogP contribution >= 0.6 is 15.9 Å². The molecule has 0 saturated carbocycles. The normalized spacial score (nSPS) is 9.62. The van der Waals surface area contributed by atoms with Crippen molar-refractivity contribution in [3.8, 4) is 5.88 Å². The highest BCUT2D eigenvalue weighted by atomic mass is 79.9. The molecule has 0 atom stereocenters. The summed E-state index contributed by atoms with van der Waals surface area (Å²) in [4.78, 5) is 7.70. The number of nitrogen functional groups attached to an aromatic ring is 1. The molecule has 0 aliphatic heterocycles. The fraction of sp³-hybridized carbons (Fsp3) is 0.250. The van der Waals surface area contributed by atoms with Crippen LogP contribution in [0.1, 0.15) is 6.42 Å². The number of anilines is 1. The summed E-state index contributed by atoms with van der Waals surface area (Å²) in [6.07, 6.45) is 4.11. The van der Waals surface area contributed by atoms with Gasteiger partial charge in [-0.25, -0.2) is 4.98 Å². The Morgan fingerprint density at radius 2 is 2.46 bits per heavy atom. The number of rotatable bonds is 4. The van der Waals surface area contributed by atoms with Crippen LogP contribution in [0.3, 0.4) is 0 Å². The molecule has 0 aliphatic rings. The minimum atomic E-state index is 0.205. The number of hydrogen-bond donors (Lipinski definition) is 1. The van der Waals surface area contributed by atoms with E-state index in [0.29, 0.717) is 17.0 Å². The molecular weight excluding hydrogens is 234 g/mol. The Morgan fingerprint density at radius 1 is 1.69 bits per heavy atom. The second-order valence-corrected chi connectivity index (χ2v) is 3.16. The largest absolute Gasteiger partial charge is 0.476 e. The first-order valence-electron chi connectivity index (χ1n) is 3.75. The van der Waals surface area contributed by atoms with E-state index >= 15 is 0 Å². The lowest BCUT2D eigenvalue weighted by Crippen LogP contribution is -2.02. The van der Waals surface area contributed by atoms with Gasteiger partial charge in [-0.3, -0.25) is 0 Å². The summed E-state index contributed by atoms with van der Waals surface area (Å²) in [6.45, 7) is 4.12. The van der Waals surface area contributed by atoms with Crippen molar-refractivity contribution < 1.29 is 4.74 Å². The zero-order valence-corrected chi connectivity index (χ0v) is 8.62. The molecule has 0 saturated heterocycles. The topological polar surface area (TPSA) is 61.0 Å². The molecule has 2 N–H and O–H groups in total. The number of hydrogen-bond acceptors (Lipinski definition) is 4. The molecule has 13 heavy (non-hydrogen) atoms. The molecule has 0 amide bonds. The van der Waals surface area contributed by atoms with Gasteiger partial charge in [0.15, 0.2) is 0 Å². The molecule has 1 rings (SSSR count). The first kappa shape index (κ1) is 9.98. The van der Waals surface area contributed by atoms with Gasteiger partial charge in [-0.1, -0.05) is 6.08 Å². The van der Waals surface area contributed by atoms with E-state index in [2.05, 4.69) is 32.5 Å². The summed E-state index contributed by atoms with van der Waals surface area (Å²) in [5.74, 6) is 0.672. The summed E-state index contributed by atoms with van der Waals surface area (Å²) in [5.41, 5.74) is 5.39. The SMILES string of the molecule is C=CCCOc1nc(N)ncc1Br. The van der Waals surface area contributed by atoms with Crippen molar-refractivity contribution in [2.45, 2.75) is 6.42 Å². The molecular formula is C8H10BrN3O. The highest BCUT2D eigenvalue weighted by Gasteiger charge is 2.03. The van der Waals surface area contributed by atoms with Gasteiger partial charge in [0, 0.05) is 0 Å². The van der Waals surface area contributed by atoms with Crippen LogP contribution in [0.25, 0.3) is 0 Å². The first-order valence-corrected chi connectivity index (χ1v) is 4.55. The van der Waals surface area contributed by atoms with Crippen LogP contribution in [0.4, 0.5) is 5.95 Å². The van der Waals surface area contributed by atoms with Gasteiger partial charge in [0.2, 0.25) is 11.8 Å². The van der Waals surface area contributed by atoms with Crippen molar-refractivity contribution >= 4 is 21.9 Å². The average molecular weight is 244 g/mol. The zero-order chi connectivity index (χ0) is 9.68. The maximum Gasteiger partial charge on any atom is 0.232 e. The number of nitrogens with zero attached hydrogens (tertiary/aromatic N) is 2. The van der Waals surface area contributed by atoms with Gasteiger partial charge in [0.1, 0.15) is 0 Å². The molecule has 70 valence electrons. The summed E-state index contributed by atoms with van der Waals surface area (Å²) >= 11 is 3.25. The molecule has 0 unspecified atom stereocenters. The van der Waals surface area contributed by atoms with Crippen LogP contribution in [-0.2, 0) is 0 Å². The third-order valence-electron chi connectivity index (χ3n) is 1.29. The molecule has 4 nitrogen and oxygen atoms in total. The van der Waals surface area contributed by atoms with Gasteiger partial charge in [0.05, 0.1) is 17.3 Å². The minimum absolute atomic E-state index is 0.205. The molecule has 0 aromatic carbocycles. The van der Waals surface area contributed by atoms with Crippen molar-refractivity contribution in [3.63, 3.8) is 0 Å². The number of ether oxygens (including phenoxy) is 1. The molecule has 0 bridgehead atoms. The Hall–Kier alpha value is -1.10. The molecule has 0 radical (unpaired) electrons. The van der Waals surface area contributed by atoms with E-state index in [1.54, 1.807) is 12.3 Å². The molecule has 1 heterocycles. The fourth-order valence-corrected chi connectivity index (χ4v) is 1.01. The van der Waals surface area contributed by atoms with Gasteiger partial charge in [0.25, 0.3) is 0 Å². The fourth-order valence-electron chi connectivity index (χ4n) is 0.704. The Bertz CT molecular complexity index is 303. The summed E-state index contributed by atoms with van der Waals surface area (Å²) in [5, 5.41) is 0. The third-order valence-corrected chi connectivity index (χ3v) is 1.84. The number of nitrogens with two attached hydrogens (primary N) is 1. The van der Waals surface area contributed by atoms with Gasteiger partial charge in [-0.2, -0.15) is 4.98 Å². The Kier molecular flexibility index (Phi) is 3.70. The minimum Gasteiger partial charge on any atom is -0.476 e. The summed E-state index contributed by atoms with van der Waals surface area (Å²) in [7, 11) is 0. The zero-order valence-electron chi connectivity index (χ0n) is 7.03. The van der Waals surface area contributed by atoms with Crippen molar-refractivity contribution in [3.05, 3.63) is 23.3 Å². The van der Waals surface area contributed by atoms with Crippen LogP contribution < -0.4 is 10.5 Å². The van der Waals surface area contributed by atoms with Crippen LogP contribution in [0.2, 0.25) is 0 Å². The lowest BCUT2D eigenvalue weighted by Gasteiger charge is -2.04. The molecule has 1 aromatic heterocycles. The van der Waals surface area contributed by atoms with Crippen molar-refractivity contribution in [2.24, 2.45) is 0 Å². The van der Waals surface area contributed by atoms with Crippen LogP contribution in [0.15, 0.2) is 23.3 Å². The van der Waals surface area contributed by atoms with E-state index in [1.807, 2.05) is 0 Å². The Morgan fingerprint density at radius 3 is 3.15 bits per heavy atom. The van der Waals surface area contributed by atoms with Crippen molar-refractivity contribution in [2.75, 3.05) is 12.3 Å². The lowest BCUT2D eigenvalue weighted by atomic mass is 10.4. The highest BCUT2D eigenvalue weighted by molar-refractivity contribution is 9.10. The van der Waals surface area contributed by atoms with Crippen LogP contribution in [-0.4, -0.2) is 16.6 Å². The van der Waals surface area contributed by atoms with E-state index in [4.69, 9.17) is 10.5 Å². The predicted molar refractivity (Wildman–Crippen MR) is 54.5 cm³/mol. The van der Waals surface area contributed by atoms with Gasteiger partial charge < -0.3 is 10.5 Å². The second kappa shape index (κ2) is 4.81. The van der Waals surface area contributed by atoms with E-state index < -0.39 is 0 Å². The quantitative estimate of drug-likeness (QED) is 0.647. The van der Waals surface area contributed by atoms with E-state index in [9.17, 15) is 0 Å². The van der Waals surface area contributed by atoms with E-state index in [0.717, 1.165) is 6.42 Å². The monoisotopic (exact) mass is 243 g/mol. The highest BCUT2D eigenvalue weighted by Crippen LogP contribution is 2.21. The van der Waals surface area contributed by atoms with Crippen molar-refractivity contribution in [1.29, 1.82) is 0 Å². The maximum atomic E-state index is 5.39. The second-order valence-electron chi connectivity index (χ2n) is 2.31. The summed E-state index contributed by atoms with van der Waals surface area (Å²) in [6, 6.07) is 0. The molecule has 5 heteroatoms. The predicted octanol–water partition coefficient (Wildman–Crippen LogP) is 1.78. The van der Waals surface area contributed by atoms with E-state index in [1.165, 1.54) is 0 Å². The number of aromatic nitrogens is 2. The smallest absolute Gasteiger partial charge is 0.232 e. The Labute approximate surface area is 85.0 Å². The molecule has 0 aliphatic carbocycles. The van der Waals surface area contributed by atoms with Crippen molar-refractivity contribution in [1.82, 2.24) is 9.97 Å². The van der Waals surface area contributed by atoms with Gasteiger partial charge >= 0.3 is 0 Å². The maximum absolute atomic E-state index is 5.39. The average Bonchev–Trinajstić information content (AvgIpc) is 2.11. The van der Waals surface area contributed by atoms with Gasteiger partial charge in [-0.15, -0.1) is 6.58 Å². The first-order chi connectivity index (χ1) is 6.24. The standard InChI is InChI=1S/C8H10BrN3O/c1-2-3-4-13-7-6(9)5-11-8(10)12-7/h2,5H,1,3-4H2,(H2,10,11,12). The molecule has 0 spiro atoms.